The van der Waals surface area contributed by atoms with E-state index in [1.807, 2.05) is 6.92 Å². The molecule has 21 heavy (non-hydrogen) atoms. The predicted molar refractivity (Wildman–Crippen MR) is 81.0 cm³/mol. The molecule has 1 amide bonds. The fourth-order valence-electron chi connectivity index (χ4n) is 1.63. The van der Waals surface area contributed by atoms with Gasteiger partial charge in [0, 0.05) is 11.1 Å². The van der Waals surface area contributed by atoms with Crippen LogP contribution >= 0.6 is 23.2 Å². The van der Waals surface area contributed by atoms with Crippen LogP contribution in [0.25, 0.3) is 0 Å². The number of aliphatic carboxylic acids is 1. The molecule has 0 aromatic heterocycles. The third-order valence-electron chi connectivity index (χ3n) is 3.05. The Bertz CT molecular complexity index is 522. The van der Waals surface area contributed by atoms with Gasteiger partial charge in [-0.2, -0.15) is 0 Å². The van der Waals surface area contributed by atoms with Gasteiger partial charge in [0.1, 0.15) is 11.8 Å². The first-order chi connectivity index (χ1) is 9.85. The second-order valence-electron chi connectivity index (χ2n) is 4.63. The van der Waals surface area contributed by atoms with E-state index >= 15 is 0 Å². The lowest BCUT2D eigenvalue weighted by Gasteiger charge is -2.20. The molecular weight excluding hydrogens is 317 g/mol. The van der Waals surface area contributed by atoms with Gasteiger partial charge in [0.05, 0.1) is 5.02 Å². The number of carbonyl (C=O) groups excluding carboxylic acids is 1. The Morgan fingerprint density at radius 3 is 2.62 bits per heavy atom. The summed E-state index contributed by atoms with van der Waals surface area (Å²) in [6.45, 7) is 3.28. The Morgan fingerprint density at radius 1 is 1.38 bits per heavy atom. The van der Waals surface area contributed by atoms with Gasteiger partial charge in [-0.15, -0.1) is 0 Å². The number of halogens is 2. The molecule has 0 fully saturated rings. The summed E-state index contributed by atoms with van der Waals surface area (Å²) >= 11 is 11.7. The summed E-state index contributed by atoms with van der Waals surface area (Å²) in [5.74, 6) is -1.51. The number of rotatable bonds is 7. The summed E-state index contributed by atoms with van der Waals surface area (Å²) in [5, 5.41) is 12.3. The Morgan fingerprint density at radius 2 is 2.05 bits per heavy atom. The molecule has 0 radical (unpaired) electrons. The van der Waals surface area contributed by atoms with Crippen molar-refractivity contribution in [1.82, 2.24) is 5.32 Å². The van der Waals surface area contributed by atoms with Gasteiger partial charge in [-0.1, -0.05) is 43.5 Å². The SMILES string of the molecule is CCC(C)C(NC(=O)COc1cc(Cl)ccc1Cl)C(=O)O. The largest absolute Gasteiger partial charge is 0.482 e. The molecule has 0 bridgehead atoms. The zero-order valence-corrected chi connectivity index (χ0v) is 13.2. The second kappa shape index (κ2) is 8.10. The number of hydrogen-bond donors (Lipinski definition) is 2. The van der Waals surface area contributed by atoms with E-state index in [-0.39, 0.29) is 18.3 Å². The Kier molecular flexibility index (Phi) is 6.78. The normalized spacial score (nSPS) is 13.3. The highest BCUT2D eigenvalue weighted by molar-refractivity contribution is 6.34. The fourth-order valence-corrected chi connectivity index (χ4v) is 1.96. The molecule has 0 saturated carbocycles. The van der Waals surface area contributed by atoms with Gasteiger partial charge in [0.2, 0.25) is 0 Å². The number of carbonyl (C=O) groups is 2. The third-order valence-corrected chi connectivity index (χ3v) is 3.59. The monoisotopic (exact) mass is 333 g/mol. The molecule has 2 atom stereocenters. The average Bonchev–Trinajstić information content (AvgIpc) is 2.44. The second-order valence-corrected chi connectivity index (χ2v) is 5.48. The molecule has 0 spiro atoms. The molecule has 2 N–H and O–H groups in total. The molecular formula is C14H17Cl2NO4. The van der Waals surface area contributed by atoms with Crippen LogP contribution in [0.4, 0.5) is 0 Å². The van der Waals surface area contributed by atoms with Crippen LogP contribution < -0.4 is 10.1 Å². The summed E-state index contributed by atoms with van der Waals surface area (Å²) in [5.41, 5.74) is 0. The predicted octanol–water partition coefficient (Wildman–Crippen LogP) is 2.99. The lowest BCUT2D eigenvalue weighted by atomic mass is 9.99. The number of nitrogens with one attached hydrogen (secondary N) is 1. The maximum atomic E-state index is 11.8. The van der Waals surface area contributed by atoms with Crippen LogP contribution in [0.5, 0.6) is 5.75 Å². The van der Waals surface area contributed by atoms with Crippen molar-refractivity contribution in [3.8, 4) is 5.75 Å². The van der Waals surface area contributed by atoms with E-state index in [0.29, 0.717) is 16.5 Å². The van der Waals surface area contributed by atoms with Crippen molar-refractivity contribution < 1.29 is 19.4 Å². The number of amides is 1. The minimum Gasteiger partial charge on any atom is -0.482 e. The number of ether oxygens (including phenoxy) is 1. The summed E-state index contributed by atoms with van der Waals surface area (Å²) in [7, 11) is 0. The molecule has 0 aliphatic rings. The quantitative estimate of drug-likeness (QED) is 0.804. The van der Waals surface area contributed by atoms with Gasteiger partial charge in [0.25, 0.3) is 5.91 Å². The molecule has 1 rings (SSSR count). The van der Waals surface area contributed by atoms with Crippen LogP contribution in [0.15, 0.2) is 18.2 Å². The summed E-state index contributed by atoms with van der Waals surface area (Å²) < 4.78 is 5.25. The van der Waals surface area contributed by atoms with Crippen molar-refractivity contribution in [2.75, 3.05) is 6.61 Å². The Balaban J connectivity index is 2.61. The van der Waals surface area contributed by atoms with E-state index in [0.717, 1.165) is 0 Å². The number of carboxylic acid groups (broad SMARTS) is 1. The van der Waals surface area contributed by atoms with E-state index in [9.17, 15) is 9.59 Å². The van der Waals surface area contributed by atoms with E-state index in [1.165, 1.54) is 6.07 Å². The molecule has 116 valence electrons. The van der Waals surface area contributed by atoms with Gasteiger partial charge in [-0.25, -0.2) is 4.79 Å². The van der Waals surface area contributed by atoms with Crippen molar-refractivity contribution in [1.29, 1.82) is 0 Å². The summed E-state index contributed by atoms with van der Waals surface area (Å²) in [6, 6.07) is 3.69. The van der Waals surface area contributed by atoms with E-state index < -0.39 is 17.9 Å². The van der Waals surface area contributed by atoms with Gasteiger partial charge >= 0.3 is 5.97 Å². The lowest BCUT2D eigenvalue weighted by molar-refractivity contribution is -0.143. The maximum Gasteiger partial charge on any atom is 0.326 e. The van der Waals surface area contributed by atoms with E-state index in [2.05, 4.69) is 5.32 Å². The highest BCUT2D eigenvalue weighted by atomic mass is 35.5. The minimum absolute atomic E-state index is 0.179. The number of carboxylic acids is 1. The highest BCUT2D eigenvalue weighted by Crippen LogP contribution is 2.27. The molecule has 0 saturated heterocycles. The van der Waals surface area contributed by atoms with Crippen LogP contribution in [0.2, 0.25) is 10.0 Å². The standard InChI is InChI=1S/C14H17Cl2NO4/c1-3-8(2)13(14(19)20)17-12(18)7-21-11-6-9(15)4-5-10(11)16/h4-6,8,13H,3,7H2,1-2H3,(H,17,18)(H,19,20). The first-order valence-corrected chi connectivity index (χ1v) is 7.20. The average molecular weight is 334 g/mol. The number of benzene rings is 1. The first kappa shape index (κ1) is 17.6. The van der Waals surface area contributed by atoms with Crippen LogP contribution in [0, 0.1) is 5.92 Å². The van der Waals surface area contributed by atoms with Crippen LogP contribution in [-0.2, 0) is 9.59 Å². The van der Waals surface area contributed by atoms with Crippen molar-refractivity contribution >= 4 is 35.1 Å². The third kappa shape index (κ3) is 5.44. The Labute approximate surface area is 133 Å². The van der Waals surface area contributed by atoms with E-state index in [1.54, 1.807) is 19.1 Å². The highest BCUT2D eigenvalue weighted by Gasteiger charge is 2.25. The molecule has 0 aliphatic carbocycles. The van der Waals surface area contributed by atoms with Crippen LogP contribution in [0.1, 0.15) is 20.3 Å². The molecule has 7 heteroatoms. The maximum absolute atomic E-state index is 11.8. The molecule has 0 heterocycles. The van der Waals surface area contributed by atoms with Crippen LogP contribution in [-0.4, -0.2) is 29.6 Å². The molecule has 1 aromatic carbocycles. The molecule has 1 aromatic rings. The van der Waals surface area contributed by atoms with Crippen molar-refractivity contribution in [3.63, 3.8) is 0 Å². The van der Waals surface area contributed by atoms with Crippen molar-refractivity contribution in [2.45, 2.75) is 26.3 Å². The fraction of sp³-hybridized carbons (Fsp3) is 0.429. The van der Waals surface area contributed by atoms with E-state index in [4.69, 9.17) is 33.0 Å². The first-order valence-electron chi connectivity index (χ1n) is 6.45. The lowest BCUT2D eigenvalue weighted by Crippen LogP contribution is -2.46. The van der Waals surface area contributed by atoms with Gasteiger partial charge < -0.3 is 15.2 Å². The van der Waals surface area contributed by atoms with Crippen molar-refractivity contribution in [3.05, 3.63) is 28.2 Å². The Hall–Kier alpha value is -1.46. The molecule has 2 unspecified atom stereocenters. The molecule has 0 aliphatic heterocycles. The van der Waals surface area contributed by atoms with Gasteiger partial charge in [0.15, 0.2) is 6.61 Å². The zero-order valence-electron chi connectivity index (χ0n) is 11.7. The smallest absolute Gasteiger partial charge is 0.326 e. The van der Waals surface area contributed by atoms with Gasteiger partial charge in [-0.3, -0.25) is 4.79 Å². The van der Waals surface area contributed by atoms with Crippen LogP contribution in [0.3, 0.4) is 0 Å². The topological polar surface area (TPSA) is 75.6 Å². The van der Waals surface area contributed by atoms with Gasteiger partial charge in [-0.05, 0) is 18.1 Å². The summed E-state index contributed by atoms with van der Waals surface area (Å²) in [6.07, 6.45) is 0.637. The summed E-state index contributed by atoms with van der Waals surface area (Å²) in [4.78, 5) is 22.9. The minimum atomic E-state index is -1.07. The zero-order chi connectivity index (χ0) is 16.0. The van der Waals surface area contributed by atoms with Crippen molar-refractivity contribution in [2.24, 2.45) is 5.92 Å². The molecule has 5 nitrogen and oxygen atoms in total. The number of hydrogen-bond acceptors (Lipinski definition) is 3.